The molecule has 1 saturated heterocycles. The molecule has 2 unspecified atom stereocenters. The number of benzene rings is 2. The number of benzodiazepines with no additional fused rings is 1. The van der Waals surface area contributed by atoms with Crippen molar-refractivity contribution in [3.05, 3.63) is 89.6 Å². The molecular weight excluding hydrogens is 530 g/mol. The van der Waals surface area contributed by atoms with Crippen LogP contribution in [0.1, 0.15) is 44.7 Å². The first-order valence-electron chi connectivity index (χ1n) is 13.9. The van der Waals surface area contributed by atoms with Crippen LogP contribution in [0.2, 0.25) is 0 Å². The number of carbonyl (C=O) groups excluding carboxylic acids is 1. The summed E-state index contributed by atoms with van der Waals surface area (Å²) in [5, 5.41) is 14.5. The molecule has 10 nitrogen and oxygen atoms in total. The lowest BCUT2D eigenvalue weighted by atomic mass is 9.70. The average molecular weight is 568 g/mol. The molecule has 0 saturated carbocycles. The summed E-state index contributed by atoms with van der Waals surface area (Å²) < 4.78 is 11.6. The molecule has 1 amide bonds. The fourth-order valence-corrected chi connectivity index (χ4v) is 5.52. The Hall–Kier alpha value is -4.57. The van der Waals surface area contributed by atoms with E-state index >= 15 is 0 Å². The van der Waals surface area contributed by atoms with Crippen LogP contribution >= 0.6 is 0 Å². The SMILES string of the molecule is C=N/C(=C(\C=C/C)c1nnc(NC2N=C(c3ccccc3)c3ccccc3NC2=O)o1)N1CC(C)(C)C(C)(COC)C1. The van der Waals surface area contributed by atoms with Crippen LogP contribution in [0, 0.1) is 10.8 Å². The van der Waals surface area contributed by atoms with Gasteiger partial charge in [0.2, 0.25) is 6.17 Å². The number of nitrogens with one attached hydrogen (secondary N) is 2. The molecule has 0 spiro atoms. The molecule has 0 aliphatic carbocycles. The van der Waals surface area contributed by atoms with Crippen molar-refractivity contribution in [2.45, 2.75) is 33.9 Å². The number of likely N-dealkylation sites (tertiary alicyclic amines) is 1. The summed E-state index contributed by atoms with van der Waals surface area (Å²) in [6, 6.07) is 17.4. The number of aromatic nitrogens is 2. The number of rotatable bonds is 9. The largest absolute Gasteiger partial charge is 0.403 e. The van der Waals surface area contributed by atoms with Gasteiger partial charge < -0.3 is 24.7 Å². The topological polar surface area (TPSA) is 117 Å². The summed E-state index contributed by atoms with van der Waals surface area (Å²) in [4.78, 5) is 24.7. The third-order valence-electron chi connectivity index (χ3n) is 8.16. The highest BCUT2D eigenvalue weighted by Crippen LogP contribution is 2.47. The van der Waals surface area contributed by atoms with E-state index < -0.39 is 6.17 Å². The predicted molar refractivity (Wildman–Crippen MR) is 165 cm³/mol. The van der Waals surface area contributed by atoms with Crippen molar-refractivity contribution in [3.63, 3.8) is 0 Å². The lowest BCUT2D eigenvalue weighted by molar-refractivity contribution is -0.116. The maximum Gasteiger partial charge on any atom is 0.317 e. The zero-order valence-electron chi connectivity index (χ0n) is 24.7. The van der Waals surface area contributed by atoms with Crippen molar-refractivity contribution in [3.8, 4) is 0 Å². The summed E-state index contributed by atoms with van der Waals surface area (Å²) in [5.41, 5.74) is 3.55. The van der Waals surface area contributed by atoms with Gasteiger partial charge in [-0.25, -0.2) is 9.98 Å². The second-order valence-electron chi connectivity index (χ2n) is 11.5. The molecule has 218 valence electrons. The number of anilines is 2. The van der Waals surface area contributed by atoms with Crippen LogP contribution in [0.25, 0.3) is 5.57 Å². The van der Waals surface area contributed by atoms with Crippen molar-refractivity contribution >= 4 is 35.6 Å². The molecule has 2 aliphatic heterocycles. The number of nitrogens with zero attached hydrogens (tertiary/aromatic N) is 5. The zero-order chi connectivity index (χ0) is 29.9. The Kier molecular flexibility index (Phi) is 8.08. The molecule has 3 heterocycles. The van der Waals surface area contributed by atoms with Crippen molar-refractivity contribution in [1.82, 2.24) is 15.1 Å². The van der Waals surface area contributed by atoms with Gasteiger partial charge in [-0.15, -0.1) is 5.10 Å². The molecule has 5 rings (SSSR count). The van der Waals surface area contributed by atoms with Gasteiger partial charge in [0.05, 0.1) is 23.6 Å². The first-order valence-corrected chi connectivity index (χ1v) is 13.9. The van der Waals surface area contributed by atoms with E-state index in [0.717, 1.165) is 24.2 Å². The molecule has 1 aromatic heterocycles. The summed E-state index contributed by atoms with van der Waals surface area (Å²) in [6.45, 7) is 14.6. The Labute approximate surface area is 246 Å². The maximum absolute atomic E-state index is 13.3. The maximum atomic E-state index is 13.3. The number of ether oxygens (including phenoxy) is 1. The molecule has 10 heteroatoms. The number of fused-ring (bicyclic) bond motifs is 1. The van der Waals surface area contributed by atoms with E-state index in [1.165, 1.54) is 0 Å². The van der Waals surface area contributed by atoms with Gasteiger partial charge in [0, 0.05) is 36.7 Å². The molecule has 0 bridgehead atoms. The van der Waals surface area contributed by atoms with Crippen LogP contribution in [0.4, 0.5) is 11.7 Å². The lowest BCUT2D eigenvalue weighted by Gasteiger charge is -2.35. The highest BCUT2D eigenvalue weighted by Gasteiger charge is 2.50. The van der Waals surface area contributed by atoms with Gasteiger partial charge in [0.25, 0.3) is 11.8 Å². The number of hydrogen-bond donors (Lipinski definition) is 2. The highest BCUT2D eigenvalue weighted by atomic mass is 16.5. The van der Waals surface area contributed by atoms with E-state index in [0.29, 0.717) is 29.4 Å². The number of aliphatic imine (C=N–C) groups is 2. The number of methoxy groups -OCH3 is 1. The second kappa shape index (κ2) is 11.7. The van der Waals surface area contributed by atoms with E-state index in [2.05, 4.69) is 58.2 Å². The van der Waals surface area contributed by atoms with Crippen molar-refractivity contribution in [2.75, 3.05) is 37.4 Å². The summed E-state index contributed by atoms with van der Waals surface area (Å²) >= 11 is 0. The lowest BCUT2D eigenvalue weighted by Crippen LogP contribution is -2.37. The molecule has 42 heavy (non-hydrogen) atoms. The first-order chi connectivity index (χ1) is 20.2. The predicted octanol–water partition coefficient (Wildman–Crippen LogP) is 5.24. The second-order valence-corrected chi connectivity index (χ2v) is 11.5. The average Bonchev–Trinajstić information content (AvgIpc) is 3.48. The van der Waals surface area contributed by atoms with Gasteiger partial charge >= 0.3 is 6.01 Å². The standard InChI is InChI=1S/C32H37N7O3/c1-7-13-23(27(33-5)39-18-31(2,3)32(4,19-39)20-41-6)29-37-38-30(42-29)36-26-28(40)34-24-17-12-11-16-22(24)25(35-26)21-14-9-8-10-15-21/h7-17,26H,5,18-20H2,1-4,6H3,(H,34,40)(H,36,38)/b13-7-,27-23-. The number of para-hydroxylation sites is 1. The minimum absolute atomic E-state index is 0.0412. The fraction of sp³-hybridized carbons (Fsp3) is 0.344. The molecule has 0 radical (unpaired) electrons. The van der Waals surface area contributed by atoms with Gasteiger partial charge in [-0.1, -0.05) is 80.5 Å². The van der Waals surface area contributed by atoms with Crippen LogP contribution in [0.15, 0.2) is 87.0 Å². The number of amides is 1. The summed E-state index contributed by atoms with van der Waals surface area (Å²) in [5.74, 6) is 0.548. The highest BCUT2D eigenvalue weighted by molar-refractivity contribution is 6.19. The third kappa shape index (κ3) is 5.49. The van der Waals surface area contributed by atoms with Gasteiger partial charge in [0.1, 0.15) is 5.82 Å². The first kappa shape index (κ1) is 28.9. The Morgan fingerprint density at radius 3 is 2.62 bits per heavy atom. The Morgan fingerprint density at radius 1 is 1.17 bits per heavy atom. The van der Waals surface area contributed by atoms with E-state index in [-0.39, 0.29) is 28.6 Å². The summed E-state index contributed by atoms with van der Waals surface area (Å²) in [7, 11) is 1.73. The van der Waals surface area contributed by atoms with Crippen LogP contribution in [-0.2, 0) is 9.53 Å². The zero-order valence-corrected chi connectivity index (χ0v) is 24.7. The normalized spacial score (nSPS) is 22.2. The molecule has 3 aromatic rings. The van der Waals surface area contributed by atoms with Gasteiger partial charge in [0.15, 0.2) is 0 Å². The van der Waals surface area contributed by atoms with E-state index in [1.807, 2.05) is 73.7 Å². The Bertz CT molecular complexity index is 1560. The van der Waals surface area contributed by atoms with Crippen molar-refractivity contribution in [2.24, 2.45) is 20.8 Å². The molecule has 2 aromatic carbocycles. The van der Waals surface area contributed by atoms with E-state index in [9.17, 15) is 4.79 Å². The fourth-order valence-electron chi connectivity index (χ4n) is 5.52. The third-order valence-corrected chi connectivity index (χ3v) is 8.16. The molecule has 2 N–H and O–H groups in total. The van der Waals surface area contributed by atoms with Crippen molar-refractivity contribution < 1.29 is 13.9 Å². The Morgan fingerprint density at radius 2 is 1.90 bits per heavy atom. The van der Waals surface area contributed by atoms with Gasteiger partial charge in [-0.3, -0.25) is 4.79 Å². The number of allylic oxidation sites excluding steroid dienone is 3. The minimum atomic E-state index is -1.01. The monoisotopic (exact) mass is 567 g/mol. The molecule has 2 aliphatic rings. The van der Waals surface area contributed by atoms with Crippen LogP contribution in [-0.4, -0.2) is 66.4 Å². The van der Waals surface area contributed by atoms with Gasteiger partial charge in [-0.05, 0) is 31.2 Å². The summed E-state index contributed by atoms with van der Waals surface area (Å²) in [6.07, 6.45) is 2.75. The van der Waals surface area contributed by atoms with Crippen LogP contribution < -0.4 is 10.6 Å². The number of hydrogen-bond acceptors (Lipinski definition) is 9. The van der Waals surface area contributed by atoms with Crippen LogP contribution in [0.3, 0.4) is 0 Å². The van der Waals surface area contributed by atoms with Crippen LogP contribution in [0.5, 0.6) is 0 Å². The van der Waals surface area contributed by atoms with E-state index in [4.69, 9.17) is 14.1 Å². The molecule has 2 atom stereocenters. The quantitative estimate of drug-likeness (QED) is 0.268. The minimum Gasteiger partial charge on any atom is -0.403 e. The number of carbonyl (C=O) groups is 1. The molecule has 1 fully saturated rings. The molecular formula is C32H37N7O3. The van der Waals surface area contributed by atoms with E-state index in [1.54, 1.807) is 7.11 Å². The van der Waals surface area contributed by atoms with Gasteiger partial charge in [-0.2, -0.15) is 0 Å². The van der Waals surface area contributed by atoms with Crippen molar-refractivity contribution in [1.29, 1.82) is 0 Å². The Balaban J connectivity index is 1.48. The smallest absolute Gasteiger partial charge is 0.317 e.